The zero-order valence-corrected chi connectivity index (χ0v) is 14.8. The summed E-state index contributed by atoms with van der Waals surface area (Å²) in [6.07, 6.45) is 7.06. The number of benzene rings is 2. The topological polar surface area (TPSA) is 27.0 Å². The largest absolute Gasteiger partial charge is 0.361 e. The van der Waals surface area contributed by atoms with Gasteiger partial charge in [-0.05, 0) is 49.1 Å². The number of aryl methyl sites for hydroxylation is 1. The summed E-state index contributed by atoms with van der Waals surface area (Å²) in [7, 11) is 0. The van der Waals surface area contributed by atoms with E-state index in [2.05, 4.69) is 78.7 Å². The van der Waals surface area contributed by atoms with Crippen molar-refractivity contribution in [2.24, 2.45) is 0 Å². The molecule has 2 aromatic carbocycles. The van der Waals surface area contributed by atoms with Crippen LogP contribution in [0.1, 0.15) is 41.3 Å². The minimum Gasteiger partial charge on any atom is -0.361 e. The fraction of sp³-hybridized carbons (Fsp3) is 0.286. The zero-order chi connectivity index (χ0) is 16.8. The molecule has 0 saturated carbocycles. The van der Waals surface area contributed by atoms with Gasteiger partial charge in [-0.1, -0.05) is 53.7 Å². The number of thioether (sulfide) groups is 1. The summed E-state index contributed by atoms with van der Waals surface area (Å²) in [5.41, 5.74) is 3.96. The van der Waals surface area contributed by atoms with Gasteiger partial charge < -0.3 is 4.90 Å². The summed E-state index contributed by atoms with van der Waals surface area (Å²) >= 11 is 1.90. The SMILES string of the molecule is Cc1ccc(SC2c3ccccc3C=CN2CCCCC#N)cc1. The average Bonchev–Trinajstić information content (AvgIpc) is 2.62. The van der Waals surface area contributed by atoms with E-state index in [0.29, 0.717) is 6.42 Å². The molecule has 3 rings (SSSR count). The summed E-state index contributed by atoms with van der Waals surface area (Å²) in [4.78, 5) is 3.70. The number of unbranched alkanes of at least 4 members (excludes halogenated alkanes) is 2. The van der Waals surface area contributed by atoms with E-state index >= 15 is 0 Å². The van der Waals surface area contributed by atoms with E-state index in [-0.39, 0.29) is 5.37 Å². The molecule has 1 heterocycles. The molecule has 1 aliphatic heterocycles. The Labute approximate surface area is 148 Å². The van der Waals surface area contributed by atoms with Gasteiger partial charge in [-0.25, -0.2) is 0 Å². The first-order valence-electron chi connectivity index (χ1n) is 8.41. The molecule has 3 heteroatoms. The Morgan fingerprint density at radius 1 is 1.08 bits per heavy atom. The highest BCUT2D eigenvalue weighted by Gasteiger charge is 2.23. The smallest absolute Gasteiger partial charge is 0.105 e. The van der Waals surface area contributed by atoms with E-state index in [9.17, 15) is 0 Å². The fourth-order valence-corrected chi connectivity index (χ4v) is 4.09. The van der Waals surface area contributed by atoms with Gasteiger partial charge in [-0.2, -0.15) is 5.26 Å². The van der Waals surface area contributed by atoms with Gasteiger partial charge in [-0.3, -0.25) is 0 Å². The Morgan fingerprint density at radius 3 is 2.67 bits per heavy atom. The molecule has 0 aliphatic carbocycles. The second-order valence-corrected chi connectivity index (χ2v) is 7.23. The molecule has 0 radical (unpaired) electrons. The molecule has 0 spiro atoms. The van der Waals surface area contributed by atoms with E-state index in [1.165, 1.54) is 21.6 Å². The van der Waals surface area contributed by atoms with Gasteiger partial charge in [0.05, 0.1) is 6.07 Å². The molecule has 0 fully saturated rings. The minimum absolute atomic E-state index is 0.288. The number of nitriles is 1. The number of fused-ring (bicyclic) bond motifs is 1. The monoisotopic (exact) mass is 334 g/mol. The van der Waals surface area contributed by atoms with Crippen molar-refractivity contribution >= 4 is 17.8 Å². The first-order valence-corrected chi connectivity index (χ1v) is 9.29. The Morgan fingerprint density at radius 2 is 1.88 bits per heavy atom. The standard InChI is InChI=1S/C21H22N2S/c1-17-9-11-19(12-10-17)24-21-20-8-4-3-7-18(20)13-16-23(21)15-6-2-5-14-22/h3-4,7-13,16,21H,2,5-6,15H2,1H3. The highest BCUT2D eigenvalue weighted by Crippen LogP contribution is 2.42. The molecule has 0 bridgehead atoms. The lowest BCUT2D eigenvalue weighted by Crippen LogP contribution is -2.25. The van der Waals surface area contributed by atoms with Crippen LogP contribution in [0.25, 0.3) is 6.08 Å². The van der Waals surface area contributed by atoms with Crippen LogP contribution in [0, 0.1) is 18.3 Å². The summed E-state index contributed by atoms with van der Waals surface area (Å²) in [6.45, 7) is 3.10. The summed E-state index contributed by atoms with van der Waals surface area (Å²) in [6, 6.07) is 19.6. The van der Waals surface area contributed by atoms with Gasteiger partial charge in [0.2, 0.25) is 0 Å². The van der Waals surface area contributed by atoms with Crippen LogP contribution in [0.5, 0.6) is 0 Å². The van der Waals surface area contributed by atoms with Crippen LogP contribution in [0.3, 0.4) is 0 Å². The Balaban J connectivity index is 1.80. The highest BCUT2D eigenvalue weighted by molar-refractivity contribution is 7.99. The normalized spacial score (nSPS) is 15.8. The lowest BCUT2D eigenvalue weighted by atomic mass is 10.0. The van der Waals surface area contributed by atoms with Crippen molar-refractivity contribution in [3.63, 3.8) is 0 Å². The molecule has 1 unspecified atom stereocenters. The quantitative estimate of drug-likeness (QED) is 0.628. The minimum atomic E-state index is 0.288. The molecule has 1 atom stereocenters. The lowest BCUT2D eigenvalue weighted by molar-refractivity contribution is 0.348. The van der Waals surface area contributed by atoms with Crippen molar-refractivity contribution in [3.8, 4) is 6.07 Å². The van der Waals surface area contributed by atoms with Crippen molar-refractivity contribution in [1.82, 2.24) is 4.90 Å². The predicted molar refractivity (Wildman–Crippen MR) is 101 cm³/mol. The molecule has 24 heavy (non-hydrogen) atoms. The third-order valence-corrected chi connectivity index (χ3v) is 5.52. The van der Waals surface area contributed by atoms with Crippen molar-refractivity contribution in [2.75, 3.05) is 6.54 Å². The molecule has 122 valence electrons. The van der Waals surface area contributed by atoms with Crippen molar-refractivity contribution in [3.05, 3.63) is 71.4 Å². The molecule has 0 saturated heterocycles. The first kappa shape index (κ1) is 16.7. The van der Waals surface area contributed by atoms with E-state index in [4.69, 9.17) is 5.26 Å². The Kier molecular flexibility index (Phi) is 5.61. The van der Waals surface area contributed by atoms with Gasteiger partial charge in [0, 0.05) is 24.1 Å². The van der Waals surface area contributed by atoms with Crippen LogP contribution >= 0.6 is 11.8 Å². The van der Waals surface area contributed by atoms with E-state index in [0.717, 1.165) is 19.4 Å². The first-order chi connectivity index (χ1) is 11.8. The molecule has 0 aromatic heterocycles. The average molecular weight is 334 g/mol. The maximum absolute atomic E-state index is 8.72. The zero-order valence-electron chi connectivity index (χ0n) is 14.0. The highest BCUT2D eigenvalue weighted by atomic mass is 32.2. The molecule has 1 aliphatic rings. The van der Waals surface area contributed by atoms with Crippen LogP contribution in [0.15, 0.2) is 59.6 Å². The van der Waals surface area contributed by atoms with Crippen molar-refractivity contribution in [1.29, 1.82) is 5.26 Å². The molecule has 2 aromatic rings. The van der Waals surface area contributed by atoms with E-state index in [1.807, 2.05) is 11.8 Å². The second-order valence-electron chi connectivity index (χ2n) is 6.08. The third-order valence-electron chi connectivity index (χ3n) is 4.23. The summed E-state index contributed by atoms with van der Waals surface area (Å²) < 4.78 is 0. The van der Waals surface area contributed by atoms with Gasteiger partial charge in [0.1, 0.15) is 5.37 Å². The van der Waals surface area contributed by atoms with Gasteiger partial charge >= 0.3 is 0 Å². The lowest BCUT2D eigenvalue weighted by Gasteiger charge is -2.34. The van der Waals surface area contributed by atoms with Crippen molar-refractivity contribution < 1.29 is 0 Å². The number of rotatable bonds is 6. The predicted octanol–water partition coefficient (Wildman–Crippen LogP) is 5.77. The molecular weight excluding hydrogens is 312 g/mol. The van der Waals surface area contributed by atoms with Crippen LogP contribution in [0.2, 0.25) is 0 Å². The summed E-state index contributed by atoms with van der Waals surface area (Å²) in [5, 5.41) is 9.01. The summed E-state index contributed by atoms with van der Waals surface area (Å²) in [5.74, 6) is 0. The maximum atomic E-state index is 8.72. The second kappa shape index (κ2) is 8.08. The molecule has 0 N–H and O–H groups in total. The third kappa shape index (κ3) is 4.01. The van der Waals surface area contributed by atoms with Crippen molar-refractivity contribution in [2.45, 2.75) is 36.5 Å². The Bertz CT molecular complexity index is 743. The van der Waals surface area contributed by atoms with Gasteiger partial charge in [0.25, 0.3) is 0 Å². The van der Waals surface area contributed by atoms with Gasteiger partial charge in [0.15, 0.2) is 0 Å². The maximum Gasteiger partial charge on any atom is 0.105 e. The number of nitrogens with zero attached hydrogens (tertiary/aromatic N) is 2. The number of hydrogen-bond acceptors (Lipinski definition) is 3. The van der Waals surface area contributed by atoms with E-state index in [1.54, 1.807) is 0 Å². The molecule has 2 nitrogen and oxygen atoms in total. The van der Waals surface area contributed by atoms with E-state index < -0.39 is 0 Å². The fourth-order valence-electron chi connectivity index (χ4n) is 2.89. The molecular formula is C21H22N2S. The van der Waals surface area contributed by atoms with Gasteiger partial charge in [-0.15, -0.1) is 0 Å². The molecule has 0 amide bonds. The Hall–Kier alpha value is -2.18. The van der Waals surface area contributed by atoms with Crippen LogP contribution < -0.4 is 0 Å². The van der Waals surface area contributed by atoms with Crippen LogP contribution in [-0.2, 0) is 0 Å². The van der Waals surface area contributed by atoms with Crippen LogP contribution in [0.4, 0.5) is 0 Å². The number of hydrogen-bond donors (Lipinski definition) is 0. The van der Waals surface area contributed by atoms with Crippen LogP contribution in [-0.4, -0.2) is 11.4 Å².